The molecule has 0 atom stereocenters. The van der Waals surface area contributed by atoms with E-state index in [1.807, 2.05) is 0 Å². The van der Waals surface area contributed by atoms with Gasteiger partial charge in [0.1, 0.15) is 11.8 Å². The second-order valence-corrected chi connectivity index (χ2v) is 4.89. The van der Waals surface area contributed by atoms with Crippen molar-refractivity contribution in [2.45, 2.75) is 0 Å². The fourth-order valence-electron chi connectivity index (χ4n) is 1.39. The highest BCUT2D eigenvalue weighted by atomic mass is 79.9. The zero-order chi connectivity index (χ0) is 14.7. The number of hydrogen-bond acceptors (Lipinski definition) is 5. The number of nitro groups is 1. The van der Waals surface area contributed by atoms with Gasteiger partial charge in [0, 0.05) is 16.6 Å². The molecular formula is C12H5BrClN3O3. The van der Waals surface area contributed by atoms with Crippen LogP contribution < -0.4 is 4.74 Å². The van der Waals surface area contributed by atoms with E-state index in [2.05, 4.69) is 20.9 Å². The van der Waals surface area contributed by atoms with Gasteiger partial charge in [-0.25, -0.2) is 0 Å². The summed E-state index contributed by atoms with van der Waals surface area (Å²) in [7, 11) is 0. The maximum absolute atomic E-state index is 10.7. The maximum atomic E-state index is 10.7. The van der Waals surface area contributed by atoms with Gasteiger partial charge in [0.15, 0.2) is 0 Å². The number of ether oxygens (including phenoxy) is 1. The van der Waals surface area contributed by atoms with Gasteiger partial charge in [0.2, 0.25) is 11.6 Å². The summed E-state index contributed by atoms with van der Waals surface area (Å²) < 4.78 is 6.17. The third-order valence-electron chi connectivity index (χ3n) is 2.26. The first-order valence-corrected chi connectivity index (χ1v) is 6.37. The number of aromatic nitrogens is 1. The van der Waals surface area contributed by atoms with Crippen LogP contribution in [0.3, 0.4) is 0 Å². The third-order valence-corrected chi connectivity index (χ3v) is 3.06. The Morgan fingerprint density at radius 3 is 2.80 bits per heavy atom. The Morgan fingerprint density at radius 1 is 1.40 bits per heavy atom. The molecule has 0 radical (unpaired) electrons. The van der Waals surface area contributed by atoms with Gasteiger partial charge in [-0.2, -0.15) is 10.2 Å². The third kappa shape index (κ3) is 3.04. The molecule has 0 N–H and O–H groups in total. The lowest BCUT2D eigenvalue weighted by Gasteiger charge is -2.07. The topological polar surface area (TPSA) is 89.0 Å². The van der Waals surface area contributed by atoms with Crippen molar-refractivity contribution in [3.63, 3.8) is 0 Å². The van der Waals surface area contributed by atoms with Crippen molar-refractivity contribution in [3.05, 3.63) is 55.6 Å². The van der Waals surface area contributed by atoms with Gasteiger partial charge in [-0.1, -0.05) is 27.5 Å². The van der Waals surface area contributed by atoms with Crippen LogP contribution in [0.5, 0.6) is 11.6 Å². The molecule has 8 heteroatoms. The lowest BCUT2D eigenvalue weighted by Crippen LogP contribution is -1.97. The Hall–Kier alpha value is -2.17. The Morgan fingerprint density at radius 2 is 2.15 bits per heavy atom. The van der Waals surface area contributed by atoms with Crippen LogP contribution in [-0.4, -0.2) is 9.91 Å². The number of nitrogens with zero attached hydrogens (tertiary/aromatic N) is 3. The first-order valence-electron chi connectivity index (χ1n) is 5.19. The lowest BCUT2D eigenvalue weighted by molar-refractivity contribution is -0.385. The van der Waals surface area contributed by atoms with Gasteiger partial charge in [0.25, 0.3) is 0 Å². The predicted octanol–water partition coefficient (Wildman–Crippen LogP) is 4.07. The zero-order valence-electron chi connectivity index (χ0n) is 9.71. The molecule has 2 rings (SSSR count). The summed E-state index contributed by atoms with van der Waals surface area (Å²) in [5.74, 6) is 0.374. The average molecular weight is 355 g/mol. The second-order valence-electron chi connectivity index (χ2n) is 3.56. The highest BCUT2D eigenvalue weighted by Crippen LogP contribution is 2.32. The normalized spacial score (nSPS) is 9.85. The molecule has 1 heterocycles. The minimum absolute atomic E-state index is 0.0483. The molecule has 0 spiro atoms. The van der Waals surface area contributed by atoms with Crippen LogP contribution in [0.2, 0.25) is 5.02 Å². The number of benzene rings is 1. The van der Waals surface area contributed by atoms with Crippen LogP contribution in [0.4, 0.5) is 5.69 Å². The minimum atomic E-state index is -0.679. The van der Waals surface area contributed by atoms with Gasteiger partial charge < -0.3 is 4.74 Å². The maximum Gasteiger partial charge on any atom is 0.305 e. The predicted molar refractivity (Wildman–Crippen MR) is 74.8 cm³/mol. The molecule has 0 bridgehead atoms. The monoisotopic (exact) mass is 353 g/mol. The summed E-state index contributed by atoms with van der Waals surface area (Å²) >= 11 is 9.22. The molecule has 0 aliphatic carbocycles. The van der Waals surface area contributed by atoms with Gasteiger partial charge in [-0.05, 0) is 18.2 Å². The Kier molecular flexibility index (Phi) is 4.17. The number of rotatable bonds is 3. The fourth-order valence-corrected chi connectivity index (χ4v) is 1.88. The Bertz CT molecular complexity index is 730. The number of pyridine rings is 1. The molecule has 0 aliphatic heterocycles. The largest absolute Gasteiger partial charge is 0.437 e. The molecule has 20 heavy (non-hydrogen) atoms. The summed E-state index contributed by atoms with van der Waals surface area (Å²) in [4.78, 5) is 13.8. The second kappa shape index (κ2) is 5.86. The molecule has 6 nitrogen and oxygen atoms in total. The van der Waals surface area contributed by atoms with E-state index in [0.29, 0.717) is 10.8 Å². The highest BCUT2D eigenvalue weighted by Gasteiger charge is 2.16. The number of halogens is 2. The number of nitriles is 1. The minimum Gasteiger partial charge on any atom is -0.437 e. The van der Waals surface area contributed by atoms with Crippen molar-refractivity contribution in [2.24, 2.45) is 0 Å². The van der Waals surface area contributed by atoms with Crippen LogP contribution in [0.1, 0.15) is 5.69 Å². The van der Waals surface area contributed by atoms with E-state index < -0.39 is 4.92 Å². The molecule has 0 fully saturated rings. The average Bonchev–Trinajstić information content (AvgIpc) is 2.42. The SMILES string of the molecule is N#Cc1nc(Oc2cc(Br)ccc2Cl)ccc1[N+](=O)[O-]. The van der Waals surface area contributed by atoms with Crippen LogP contribution in [0.15, 0.2) is 34.8 Å². The van der Waals surface area contributed by atoms with Crippen molar-refractivity contribution < 1.29 is 9.66 Å². The molecule has 1 aromatic carbocycles. The van der Waals surface area contributed by atoms with Gasteiger partial charge in [0.05, 0.1) is 9.95 Å². The van der Waals surface area contributed by atoms with Crippen LogP contribution in [-0.2, 0) is 0 Å². The summed E-state index contributed by atoms with van der Waals surface area (Å²) in [6, 6.07) is 9.10. The van der Waals surface area contributed by atoms with Gasteiger partial charge >= 0.3 is 5.69 Å². The molecule has 0 aliphatic rings. The van der Waals surface area contributed by atoms with Gasteiger partial charge in [-0.3, -0.25) is 10.1 Å². The van der Waals surface area contributed by atoms with E-state index >= 15 is 0 Å². The first-order chi connectivity index (χ1) is 9.51. The molecule has 1 aromatic heterocycles. The van der Waals surface area contributed by atoms with E-state index in [0.717, 1.165) is 10.5 Å². The molecule has 2 aromatic rings. The quantitative estimate of drug-likeness (QED) is 0.612. The van der Waals surface area contributed by atoms with Crippen molar-refractivity contribution in [1.29, 1.82) is 5.26 Å². The molecular weight excluding hydrogens is 350 g/mol. The standard InChI is InChI=1S/C12H5BrClN3O3/c13-7-1-2-8(14)11(5-7)20-12-4-3-10(17(18)19)9(6-15)16-12/h1-5H. The molecule has 100 valence electrons. The summed E-state index contributed by atoms with van der Waals surface area (Å²) in [6.07, 6.45) is 0. The fraction of sp³-hybridized carbons (Fsp3) is 0. The van der Waals surface area contributed by atoms with E-state index in [9.17, 15) is 10.1 Å². The van der Waals surface area contributed by atoms with Gasteiger partial charge in [-0.15, -0.1) is 0 Å². The van der Waals surface area contributed by atoms with Crippen molar-refractivity contribution in [1.82, 2.24) is 4.98 Å². The van der Waals surface area contributed by atoms with Crippen molar-refractivity contribution >= 4 is 33.2 Å². The van der Waals surface area contributed by atoms with Crippen LogP contribution in [0, 0.1) is 21.4 Å². The molecule has 0 saturated heterocycles. The first kappa shape index (κ1) is 14.2. The molecule has 0 unspecified atom stereocenters. The highest BCUT2D eigenvalue weighted by molar-refractivity contribution is 9.10. The van der Waals surface area contributed by atoms with E-state index in [-0.39, 0.29) is 17.3 Å². The number of hydrogen-bond donors (Lipinski definition) is 0. The van der Waals surface area contributed by atoms with Crippen LogP contribution in [0.25, 0.3) is 0 Å². The summed E-state index contributed by atoms with van der Waals surface area (Å²) in [5, 5.41) is 19.9. The van der Waals surface area contributed by atoms with E-state index in [4.69, 9.17) is 21.6 Å². The molecule has 0 amide bonds. The van der Waals surface area contributed by atoms with Crippen molar-refractivity contribution in [2.75, 3.05) is 0 Å². The van der Waals surface area contributed by atoms with Crippen LogP contribution >= 0.6 is 27.5 Å². The lowest BCUT2D eigenvalue weighted by atomic mass is 10.3. The molecule has 0 saturated carbocycles. The summed E-state index contributed by atoms with van der Waals surface area (Å²) in [5.41, 5.74) is -0.696. The van der Waals surface area contributed by atoms with Crippen molar-refractivity contribution in [3.8, 4) is 17.7 Å². The van der Waals surface area contributed by atoms with E-state index in [1.54, 1.807) is 24.3 Å². The zero-order valence-corrected chi connectivity index (χ0v) is 12.1. The Labute approximate surface area is 126 Å². The Balaban J connectivity index is 2.38. The smallest absolute Gasteiger partial charge is 0.305 e. The summed E-state index contributed by atoms with van der Waals surface area (Å²) in [6.45, 7) is 0. The van der Waals surface area contributed by atoms with E-state index in [1.165, 1.54) is 6.07 Å².